The van der Waals surface area contributed by atoms with Crippen molar-refractivity contribution < 1.29 is 4.42 Å². The molecule has 0 amide bonds. The van der Waals surface area contributed by atoms with Gasteiger partial charge in [-0.15, -0.1) is 10.2 Å². The molecule has 1 fully saturated rings. The number of aromatic nitrogens is 2. The number of nitrogens with one attached hydrogen (secondary N) is 1. The summed E-state index contributed by atoms with van der Waals surface area (Å²) in [5, 5.41) is 11.3. The van der Waals surface area contributed by atoms with Crippen LogP contribution in [0.5, 0.6) is 0 Å². The Morgan fingerprint density at radius 3 is 2.71 bits per heavy atom. The smallest absolute Gasteiger partial charge is 0.230 e. The molecule has 0 radical (unpaired) electrons. The van der Waals surface area contributed by atoms with E-state index in [1.165, 1.54) is 12.8 Å². The van der Waals surface area contributed by atoms with Crippen molar-refractivity contribution in [1.82, 2.24) is 15.5 Å². The Balaban J connectivity index is 1.81. The third-order valence-electron chi connectivity index (χ3n) is 2.21. The summed E-state index contributed by atoms with van der Waals surface area (Å²) >= 11 is 0. The number of hydrogen-bond acceptors (Lipinski definition) is 4. The molecule has 0 unspecified atom stereocenters. The second-order valence-corrected chi connectivity index (χ2v) is 4.34. The summed E-state index contributed by atoms with van der Waals surface area (Å²) in [4.78, 5) is 0. The lowest BCUT2D eigenvalue weighted by molar-refractivity contribution is 0.412. The van der Waals surface area contributed by atoms with Crippen LogP contribution in [0.25, 0.3) is 0 Å². The SMILES string of the molecule is CC(C)Cc1nnc(CNC2CC2)o1. The zero-order valence-corrected chi connectivity index (χ0v) is 8.79. The summed E-state index contributed by atoms with van der Waals surface area (Å²) in [5.41, 5.74) is 0. The largest absolute Gasteiger partial charge is 0.424 e. The molecular weight excluding hydrogens is 178 g/mol. The summed E-state index contributed by atoms with van der Waals surface area (Å²) in [7, 11) is 0. The molecule has 1 aromatic heterocycles. The minimum absolute atomic E-state index is 0.569. The van der Waals surface area contributed by atoms with Crippen LogP contribution in [0.15, 0.2) is 4.42 Å². The van der Waals surface area contributed by atoms with Gasteiger partial charge >= 0.3 is 0 Å². The predicted molar refractivity (Wildman–Crippen MR) is 52.7 cm³/mol. The quantitative estimate of drug-likeness (QED) is 0.774. The van der Waals surface area contributed by atoms with E-state index in [4.69, 9.17) is 4.42 Å². The summed E-state index contributed by atoms with van der Waals surface area (Å²) in [5.74, 6) is 2.04. The van der Waals surface area contributed by atoms with E-state index in [2.05, 4.69) is 29.4 Å². The van der Waals surface area contributed by atoms with Crippen LogP contribution in [0.2, 0.25) is 0 Å². The van der Waals surface area contributed by atoms with E-state index >= 15 is 0 Å². The Morgan fingerprint density at radius 2 is 2.07 bits per heavy atom. The van der Waals surface area contributed by atoms with Gasteiger partial charge < -0.3 is 9.73 Å². The van der Waals surface area contributed by atoms with Crippen LogP contribution >= 0.6 is 0 Å². The molecule has 0 saturated heterocycles. The van der Waals surface area contributed by atoms with Gasteiger partial charge in [0, 0.05) is 12.5 Å². The second kappa shape index (κ2) is 4.09. The van der Waals surface area contributed by atoms with Crippen LogP contribution in [0, 0.1) is 5.92 Å². The first kappa shape index (κ1) is 9.65. The molecule has 4 nitrogen and oxygen atoms in total. The van der Waals surface area contributed by atoms with E-state index in [1.807, 2.05) is 0 Å². The van der Waals surface area contributed by atoms with E-state index in [-0.39, 0.29) is 0 Å². The zero-order valence-electron chi connectivity index (χ0n) is 8.79. The zero-order chi connectivity index (χ0) is 9.97. The van der Waals surface area contributed by atoms with Crippen LogP contribution in [0.1, 0.15) is 38.5 Å². The van der Waals surface area contributed by atoms with Gasteiger partial charge in [0.2, 0.25) is 11.8 Å². The van der Waals surface area contributed by atoms with Crippen molar-refractivity contribution in [2.75, 3.05) is 0 Å². The Bertz CT molecular complexity index is 291. The highest BCUT2D eigenvalue weighted by atomic mass is 16.4. The van der Waals surface area contributed by atoms with Crippen molar-refractivity contribution in [3.63, 3.8) is 0 Å². The number of nitrogens with zero attached hydrogens (tertiary/aromatic N) is 2. The average molecular weight is 195 g/mol. The number of hydrogen-bond donors (Lipinski definition) is 1. The van der Waals surface area contributed by atoms with Gasteiger partial charge in [0.15, 0.2) is 0 Å². The highest BCUT2D eigenvalue weighted by Crippen LogP contribution is 2.19. The molecule has 4 heteroatoms. The molecule has 0 aromatic carbocycles. The minimum Gasteiger partial charge on any atom is -0.424 e. The van der Waals surface area contributed by atoms with Crippen LogP contribution in [0.4, 0.5) is 0 Å². The fourth-order valence-corrected chi connectivity index (χ4v) is 1.31. The summed E-state index contributed by atoms with van der Waals surface area (Å²) in [6.07, 6.45) is 3.44. The fourth-order valence-electron chi connectivity index (χ4n) is 1.31. The summed E-state index contributed by atoms with van der Waals surface area (Å²) in [6, 6.07) is 0.690. The van der Waals surface area contributed by atoms with E-state index in [9.17, 15) is 0 Å². The molecular formula is C10H17N3O. The van der Waals surface area contributed by atoms with Crippen molar-refractivity contribution >= 4 is 0 Å². The van der Waals surface area contributed by atoms with Gasteiger partial charge in [0.25, 0.3) is 0 Å². The molecule has 78 valence electrons. The topological polar surface area (TPSA) is 51.0 Å². The maximum Gasteiger partial charge on any atom is 0.230 e. The van der Waals surface area contributed by atoms with Crippen LogP contribution in [0.3, 0.4) is 0 Å². The standard InChI is InChI=1S/C10H17N3O/c1-7(2)5-9-12-13-10(14-9)6-11-8-3-4-8/h7-8,11H,3-6H2,1-2H3. The van der Waals surface area contributed by atoms with Crippen molar-refractivity contribution in [3.8, 4) is 0 Å². The molecule has 1 N–H and O–H groups in total. The lowest BCUT2D eigenvalue weighted by Gasteiger charge is -1.98. The molecule has 0 bridgehead atoms. The Hall–Kier alpha value is -0.900. The first-order valence-corrected chi connectivity index (χ1v) is 5.28. The van der Waals surface area contributed by atoms with Gasteiger partial charge in [0.05, 0.1) is 6.54 Å². The van der Waals surface area contributed by atoms with Crippen molar-refractivity contribution in [2.24, 2.45) is 5.92 Å². The first-order chi connectivity index (χ1) is 6.74. The van der Waals surface area contributed by atoms with E-state index in [0.29, 0.717) is 17.9 Å². The normalized spacial score (nSPS) is 16.5. The van der Waals surface area contributed by atoms with Crippen LogP contribution in [-0.4, -0.2) is 16.2 Å². The first-order valence-electron chi connectivity index (χ1n) is 5.28. The average Bonchev–Trinajstić information content (AvgIpc) is 2.84. The van der Waals surface area contributed by atoms with E-state index in [0.717, 1.165) is 18.9 Å². The van der Waals surface area contributed by atoms with Crippen LogP contribution < -0.4 is 5.32 Å². The lowest BCUT2D eigenvalue weighted by Crippen LogP contribution is -2.15. The summed E-state index contributed by atoms with van der Waals surface area (Å²) in [6.45, 7) is 5.01. The van der Waals surface area contributed by atoms with Gasteiger partial charge in [0.1, 0.15) is 0 Å². The van der Waals surface area contributed by atoms with Gasteiger partial charge in [-0.25, -0.2) is 0 Å². The molecule has 1 saturated carbocycles. The molecule has 1 aromatic rings. The number of rotatable bonds is 5. The maximum absolute atomic E-state index is 5.49. The Labute approximate surface area is 84.1 Å². The van der Waals surface area contributed by atoms with E-state index in [1.54, 1.807) is 0 Å². The molecule has 1 aliphatic rings. The van der Waals surface area contributed by atoms with E-state index < -0.39 is 0 Å². The molecule has 1 aliphatic carbocycles. The van der Waals surface area contributed by atoms with Crippen molar-refractivity contribution in [2.45, 2.75) is 45.7 Å². The summed E-state index contributed by atoms with van der Waals surface area (Å²) < 4.78 is 5.49. The lowest BCUT2D eigenvalue weighted by atomic mass is 10.1. The fraction of sp³-hybridized carbons (Fsp3) is 0.800. The van der Waals surface area contributed by atoms with Gasteiger partial charge in [-0.05, 0) is 18.8 Å². The van der Waals surface area contributed by atoms with Gasteiger partial charge in [-0.1, -0.05) is 13.8 Å². The Kier molecular flexibility index (Phi) is 2.82. The van der Waals surface area contributed by atoms with Gasteiger partial charge in [-0.2, -0.15) is 0 Å². The highest BCUT2D eigenvalue weighted by molar-refractivity contribution is 4.86. The predicted octanol–water partition coefficient (Wildman–Crippen LogP) is 1.52. The molecule has 1 heterocycles. The third-order valence-corrected chi connectivity index (χ3v) is 2.21. The maximum atomic E-state index is 5.49. The second-order valence-electron chi connectivity index (χ2n) is 4.34. The molecule has 0 spiro atoms. The third kappa shape index (κ3) is 2.80. The monoisotopic (exact) mass is 195 g/mol. The van der Waals surface area contributed by atoms with Crippen molar-refractivity contribution in [1.29, 1.82) is 0 Å². The molecule has 0 aliphatic heterocycles. The molecule has 14 heavy (non-hydrogen) atoms. The van der Waals surface area contributed by atoms with Crippen molar-refractivity contribution in [3.05, 3.63) is 11.8 Å². The Morgan fingerprint density at radius 1 is 1.36 bits per heavy atom. The van der Waals surface area contributed by atoms with Crippen LogP contribution in [-0.2, 0) is 13.0 Å². The van der Waals surface area contributed by atoms with Gasteiger partial charge in [-0.3, -0.25) is 0 Å². The minimum atomic E-state index is 0.569. The molecule has 2 rings (SSSR count). The molecule has 0 atom stereocenters. The highest BCUT2D eigenvalue weighted by Gasteiger charge is 2.21.